The Kier molecular flexibility index (Phi) is 3.23. The van der Waals surface area contributed by atoms with Gasteiger partial charge in [0.25, 0.3) is 0 Å². The summed E-state index contributed by atoms with van der Waals surface area (Å²) in [7, 11) is 1.91. The standard InChI is InChI=1S/C11H13ClN2O/c1-13-7-10-6-11(14-15-10)8-2-4-9(12)5-3-8/h2-5,10,13H,6-7H2,1H3/t10-/m0/s1. The van der Waals surface area contributed by atoms with E-state index < -0.39 is 0 Å². The average Bonchev–Trinajstić information content (AvgIpc) is 2.68. The van der Waals surface area contributed by atoms with Gasteiger partial charge in [0.05, 0.1) is 5.71 Å². The molecule has 0 unspecified atom stereocenters. The van der Waals surface area contributed by atoms with Gasteiger partial charge in [-0.15, -0.1) is 0 Å². The van der Waals surface area contributed by atoms with Crippen LogP contribution in [-0.2, 0) is 4.84 Å². The third-order valence-electron chi connectivity index (χ3n) is 2.34. The Bertz CT molecular complexity index is 361. The van der Waals surface area contributed by atoms with Gasteiger partial charge in [-0.1, -0.05) is 28.9 Å². The van der Waals surface area contributed by atoms with Crippen molar-refractivity contribution in [3.63, 3.8) is 0 Å². The molecule has 2 rings (SSSR count). The van der Waals surface area contributed by atoms with Crippen molar-refractivity contribution in [2.24, 2.45) is 5.16 Å². The number of hydrogen-bond donors (Lipinski definition) is 1. The van der Waals surface area contributed by atoms with E-state index in [1.54, 1.807) is 0 Å². The van der Waals surface area contributed by atoms with Crippen molar-refractivity contribution in [1.29, 1.82) is 0 Å². The van der Waals surface area contributed by atoms with E-state index in [9.17, 15) is 0 Å². The molecule has 1 heterocycles. The molecule has 0 aromatic heterocycles. The second kappa shape index (κ2) is 4.64. The first-order valence-electron chi connectivity index (χ1n) is 4.93. The van der Waals surface area contributed by atoms with Crippen molar-refractivity contribution in [2.45, 2.75) is 12.5 Å². The molecule has 80 valence electrons. The Morgan fingerprint density at radius 2 is 2.20 bits per heavy atom. The van der Waals surface area contributed by atoms with Gasteiger partial charge in [-0.05, 0) is 24.7 Å². The molecule has 1 N–H and O–H groups in total. The Morgan fingerprint density at radius 1 is 1.47 bits per heavy atom. The van der Waals surface area contributed by atoms with Crippen LogP contribution in [0.2, 0.25) is 5.02 Å². The predicted octanol–water partition coefficient (Wildman–Crippen LogP) is 2.05. The van der Waals surface area contributed by atoms with Gasteiger partial charge in [-0.2, -0.15) is 0 Å². The molecule has 1 atom stereocenters. The zero-order valence-corrected chi connectivity index (χ0v) is 9.29. The molecule has 0 amide bonds. The summed E-state index contributed by atoms with van der Waals surface area (Å²) in [6, 6.07) is 7.66. The van der Waals surface area contributed by atoms with Gasteiger partial charge >= 0.3 is 0 Å². The fourth-order valence-corrected chi connectivity index (χ4v) is 1.70. The van der Waals surface area contributed by atoms with Crippen LogP contribution >= 0.6 is 11.6 Å². The Labute approximate surface area is 94.1 Å². The van der Waals surface area contributed by atoms with E-state index >= 15 is 0 Å². The summed E-state index contributed by atoms with van der Waals surface area (Å²) in [6.07, 6.45) is 1.00. The second-order valence-electron chi connectivity index (χ2n) is 3.53. The molecular weight excluding hydrogens is 212 g/mol. The van der Waals surface area contributed by atoms with Crippen molar-refractivity contribution in [3.05, 3.63) is 34.9 Å². The fraction of sp³-hybridized carbons (Fsp3) is 0.364. The molecule has 1 aromatic carbocycles. The van der Waals surface area contributed by atoms with Gasteiger partial charge < -0.3 is 10.2 Å². The van der Waals surface area contributed by atoms with Gasteiger partial charge in [0.1, 0.15) is 6.10 Å². The topological polar surface area (TPSA) is 33.6 Å². The summed E-state index contributed by atoms with van der Waals surface area (Å²) in [5.41, 5.74) is 2.07. The Hall–Kier alpha value is -1.06. The number of oxime groups is 1. The number of hydrogen-bond acceptors (Lipinski definition) is 3. The van der Waals surface area contributed by atoms with Crippen LogP contribution < -0.4 is 5.32 Å². The number of benzene rings is 1. The lowest BCUT2D eigenvalue weighted by Crippen LogP contribution is -2.23. The minimum atomic E-state index is 0.153. The summed E-state index contributed by atoms with van der Waals surface area (Å²) in [5, 5.41) is 7.88. The first-order chi connectivity index (χ1) is 7.29. The molecule has 0 fully saturated rings. The van der Waals surface area contributed by atoms with E-state index in [0.717, 1.165) is 29.3 Å². The number of nitrogens with zero attached hydrogens (tertiary/aromatic N) is 1. The van der Waals surface area contributed by atoms with E-state index in [1.807, 2.05) is 31.3 Å². The molecule has 0 bridgehead atoms. The van der Waals surface area contributed by atoms with Crippen LogP contribution in [0.3, 0.4) is 0 Å². The SMILES string of the molecule is CNC[C@@H]1CC(c2ccc(Cl)cc2)=NO1. The minimum Gasteiger partial charge on any atom is -0.390 e. The maximum Gasteiger partial charge on any atom is 0.145 e. The lowest BCUT2D eigenvalue weighted by Gasteiger charge is -2.05. The Morgan fingerprint density at radius 3 is 2.87 bits per heavy atom. The first kappa shape index (κ1) is 10.5. The van der Waals surface area contributed by atoms with E-state index in [2.05, 4.69) is 10.5 Å². The number of likely N-dealkylation sites (N-methyl/N-ethyl adjacent to an activating group) is 1. The summed E-state index contributed by atoms with van der Waals surface area (Å²) in [5.74, 6) is 0. The van der Waals surface area contributed by atoms with Crippen LogP contribution in [0.5, 0.6) is 0 Å². The smallest absolute Gasteiger partial charge is 0.145 e. The molecule has 0 spiro atoms. The largest absolute Gasteiger partial charge is 0.390 e. The average molecular weight is 225 g/mol. The molecule has 4 heteroatoms. The summed E-state index contributed by atoms with van der Waals surface area (Å²) < 4.78 is 0. The van der Waals surface area contributed by atoms with Crippen molar-refractivity contribution in [1.82, 2.24) is 5.32 Å². The Balaban J connectivity index is 2.04. The van der Waals surface area contributed by atoms with Gasteiger partial charge in [0, 0.05) is 18.0 Å². The molecule has 15 heavy (non-hydrogen) atoms. The first-order valence-corrected chi connectivity index (χ1v) is 5.30. The lowest BCUT2D eigenvalue weighted by atomic mass is 10.1. The summed E-state index contributed by atoms with van der Waals surface area (Å²) in [6.45, 7) is 0.820. The maximum absolute atomic E-state index is 5.82. The second-order valence-corrected chi connectivity index (χ2v) is 3.97. The zero-order valence-electron chi connectivity index (χ0n) is 8.53. The highest BCUT2D eigenvalue weighted by atomic mass is 35.5. The highest BCUT2D eigenvalue weighted by Gasteiger charge is 2.20. The normalized spacial score (nSPS) is 19.9. The van der Waals surface area contributed by atoms with Crippen LogP contribution in [0.25, 0.3) is 0 Å². The minimum absolute atomic E-state index is 0.153. The fourth-order valence-electron chi connectivity index (χ4n) is 1.58. The van der Waals surface area contributed by atoms with Crippen molar-refractivity contribution in [3.8, 4) is 0 Å². The third kappa shape index (κ3) is 2.49. The van der Waals surface area contributed by atoms with Crippen LogP contribution in [0.15, 0.2) is 29.4 Å². The van der Waals surface area contributed by atoms with Gasteiger partial charge in [-0.25, -0.2) is 0 Å². The third-order valence-corrected chi connectivity index (χ3v) is 2.59. The molecule has 0 saturated carbocycles. The quantitative estimate of drug-likeness (QED) is 0.853. The van der Waals surface area contributed by atoms with Gasteiger partial charge in [0.2, 0.25) is 0 Å². The molecule has 0 aliphatic carbocycles. The van der Waals surface area contributed by atoms with E-state index in [0.29, 0.717) is 0 Å². The lowest BCUT2D eigenvalue weighted by molar-refractivity contribution is 0.0866. The number of rotatable bonds is 3. The molecule has 1 aromatic rings. The van der Waals surface area contributed by atoms with Crippen molar-refractivity contribution < 1.29 is 4.84 Å². The van der Waals surface area contributed by atoms with E-state index in [-0.39, 0.29) is 6.10 Å². The highest BCUT2D eigenvalue weighted by Crippen LogP contribution is 2.18. The highest BCUT2D eigenvalue weighted by molar-refractivity contribution is 6.30. The monoisotopic (exact) mass is 224 g/mol. The molecule has 3 nitrogen and oxygen atoms in total. The van der Waals surface area contributed by atoms with Gasteiger partial charge in [-0.3, -0.25) is 0 Å². The van der Waals surface area contributed by atoms with E-state index in [1.165, 1.54) is 0 Å². The zero-order chi connectivity index (χ0) is 10.7. The predicted molar refractivity (Wildman–Crippen MR) is 61.4 cm³/mol. The molecule has 1 aliphatic rings. The van der Waals surface area contributed by atoms with Crippen LogP contribution in [0.1, 0.15) is 12.0 Å². The van der Waals surface area contributed by atoms with Crippen molar-refractivity contribution in [2.75, 3.05) is 13.6 Å². The maximum atomic E-state index is 5.82. The summed E-state index contributed by atoms with van der Waals surface area (Å²) in [4.78, 5) is 5.28. The molecule has 0 radical (unpaired) electrons. The summed E-state index contributed by atoms with van der Waals surface area (Å²) >= 11 is 5.82. The number of nitrogens with one attached hydrogen (secondary N) is 1. The van der Waals surface area contributed by atoms with Crippen LogP contribution in [0, 0.1) is 0 Å². The number of halogens is 1. The molecular formula is C11H13ClN2O. The molecule has 1 aliphatic heterocycles. The molecule has 0 saturated heterocycles. The van der Waals surface area contributed by atoms with Gasteiger partial charge in [0.15, 0.2) is 0 Å². The van der Waals surface area contributed by atoms with Crippen LogP contribution in [-0.4, -0.2) is 25.4 Å². The van der Waals surface area contributed by atoms with E-state index in [4.69, 9.17) is 16.4 Å². The van der Waals surface area contributed by atoms with Crippen molar-refractivity contribution >= 4 is 17.3 Å². The van der Waals surface area contributed by atoms with Crippen LogP contribution in [0.4, 0.5) is 0 Å².